The fraction of sp³-hybridized carbons (Fsp3) is 0.208. The third-order valence-electron chi connectivity index (χ3n) is 5.68. The predicted molar refractivity (Wildman–Crippen MR) is 125 cm³/mol. The zero-order chi connectivity index (χ0) is 21.2. The zero-order valence-electron chi connectivity index (χ0n) is 17.0. The van der Waals surface area contributed by atoms with Crippen molar-refractivity contribution in [3.8, 4) is 0 Å². The summed E-state index contributed by atoms with van der Waals surface area (Å²) in [5.41, 5.74) is 4.72. The van der Waals surface area contributed by atoms with Gasteiger partial charge in [0.2, 0.25) is 11.1 Å². The van der Waals surface area contributed by atoms with Crippen molar-refractivity contribution >= 4 is 34.1 Å². The highest BCUT2D eigenvalue weighted by molar-refractivity contribution is 7.99. The molecule has 3 N–H and O–H groups in total. The van der Waals surface area contributed by atoms with E-state index in [0.717, 1.165) is 24.1 Å². The Bertz CT molecular complexity index is 1260. The molecule has 0 unspecified atom stereocenters. The maximum atomic E-state index is 12.4. The molecular weight excluding hydrogens is 406 g/mol. The molecule has 0 aliphatic heterocycles. The average molecular weight is 430 g/mol. The van der Waals surface area contributed by atoms with Crippen LogP contribution in [0.1, 0.15) is 28.9 Å². The largest absolute Gasteiger partial charge is 0.336 e. The molecular formula is C24H23N5OS. The van der Waals surface area contributed by atoms with Crippen LogP contribution in [0.3, 0.4) is 0 Å². The molecule has 1 aliphatic rings. The number of carbonyl (C=O) groups excluding carboxylic acids is 1. The van der Waals surface area contributed by atoms with E-state index in [9.17, 15) is 4.79 Å². The number of nitrogens with two attached hydrogens (primary N) is 1. The molecule has 1 aliphatic carbocycles. The minimum Gasteiger partial charge on any atom is -0.336 e. The van der Waals surface area contributed by atoms with Gasteiger partial charge in [0.1, 0.15) is 0 Å². The molecule has 31 heavy (non-hydrogen) atoms. The normalized spacial score (nSPS) is 12.8. The number of nitrogens with one attached hydrogen (secondary N) is 1. The summed E-state index contributed by atoms with van der Waals surface area (Å²) in [5.74, 6) is 7.04. The summed E-state index contributed by atoms with van der Waals surface area (Å²) in [6.45, 7) is 0. The number of hydrogen-bond acceptors (Lipinski definition) is 5. The van der Waals surface area contributed by atoms with Crippen LogP contribution in [0.5, 0.6) is 0 Å². The molecule has 1 heterocycles. The summed E-state index contributed by atoms with van der Waals surface area (Å²) in [7, 11) is 0. The van der Waals surface area contributed by atoms with E-state index in [-0.39, 0.29) is 11.7 Å². The van der Waals surface area contributed by atoms with Gasteiger partial charge < -0.3 is 11.2 Å². The number of benzene rings is 3. The lowest BCUT2D eigenvalue weighted by Crippen LogP contribution is -2.17. The van der Waals surface area contributed by atoms with E-state index in [1.807, 2.05) is 24.3 Å². The van der Waals surface area contributed by atoms with Crippen molar-refractivity contribution in [1.82, 2.24) is 14.9 Å². The molecule has 1 amide bonds. The van der Waals surface area contributed by atoms with E-state index < -0.39 is 0 Å². The lowest BCUT2D eigenvalue weighted by Gasteiger charge is -2.08. The van der Waals surface area contributed by atoms with Crippen LogP contribution in [-0.4, -0.2) is 26.5 Å². The summed E-state index contributed by atoms with van der Waals surface area (Å²) >= 11 is 1.29. The summed E-state index contributed by atoms with van der Waals surface area (Å²) < 4.78 is 1.48. The van der Waals surface area contributed by atoms with Crippen LogP contribution < -0.4 is 11.2 Å². The molecule has 156 valence electrons. The first kappa shape index (κ1) is 19.6. The molecule has 0 bridgehead atoms. The quantitative estimate of drug-likeness (QED) is 0.358. The number of aromatic nitrogens is 3. The van der Waals surface area contributed by atoms with Crippen molar-refractivity contribution in [3.05, 3.63) is 83.2 Å². The Morgan fingerprint density at radius 1 is 1.03 bits per heavy atom. The number of carbonyl (C=O) groups is 1. The highest BCUT2D eigenvalue weighted by Gasteiger charge is 2.15. The number of nitrogen functional groups attached to an aromatic ring is 1. The number of anilines is 1. The Balaban J connectivity index is 1.23. The first-order valence-electron chi connectivity index (χ1n) is 10.4. The number of rotatable bonds is 6. The van der Waals surface area contributed by atoms with Crippen LogP contribution >= 0.6 is 11.8 Å². The summed E-state index contributed by atoms with van der Waals surface area (Å²) in [5, 5.41) is 14.3. The minimum atomic E-state index is -0.0819. The van der Waals surface area contributed by atoms with Crippen molar-refractivity contribution in [3.63, 3.8) is 0 Å². The van der Waals surface area contributed by atoms with E-state index in [1.54, 1.807) is 0 Å². The van der Waals surface area contributed by atoms with Crippen molar-refractivity contribution in [2.45, 2.75) is 30.8 Å². The topological polar surface area (TPSA) is 85.8 Å². The third-order valence-corrected chi connectivity index (χ3v) is 6.62. The van der Waals surface area contributed by atoms with Gasteiger partial charge in [0.15, 0.2) is 5.82 Å². The van der Waals surface area contributed by atoms with Gasteiger partial charge >= 0.3 is 0 Å². The molecule has 1 aromatic heterocycles. The first-order chi connectivity index (χ1) is 15.2. The smallest absolute Gasteiger partial charge is 0.234 e. The second-order valence-corrected chi connectivity index (χ2v) is 8.70. The van der Waals surface area contributed by atoms with Gasteiger partial charge in [0.05, 0.1) is 5.75 Å². The molecule has 4 aromatic rings. The number of aryl methyl sites for hydroxylation is 2. The molecule has 0 saturated carbocycles. The standard InChI is InChI=1S/C24H23N5OS/c25-29-22(14-19-9-4-7-17-5-1-2-10-21(17)19)27-28-24(29)31-15-23(30)26-20-12-11-16-6-3-8-18(16)13-20/h1-2,4-5,7,9-13H,3,6,8,14-15,25H2,(H,26,30). The van der Waals surface area contributed by atoms with Crippen LogP contribution in [0.25, 0.3) is 10.8 Å². The SMILES string of the molecule is Nn1c(Cc2cccc3ccccc23)nnc1SCC(=O)Nc1ccc2c(c1)CCC2. The maximum Gasteiger partial charge on any atom is 0.234 e. The molecule has 6 nitrogen and oxygen atoms in total. The highest BCUT2D eigenvalue weighted by atomic mass is 32.2. The molecule has 3 aromatic carbocycles. The van der Waals surface area contributed by atoms with E-state index in [2.05, 4.69) is 51.9 Å². The van der Waals surface area contributed by atoms with Gasteiger partial charge in [-0.25, -0.2) is 4.68 Å². The van der Waals surface area contributed by atoms with Crippen LogP contribution in [0.15, 0.2) is 65.8 Å². The van der Waals surface area contributed by atoms with Gasteiger partial charge in [-0.05, 0) is 58.9 Å². The lowest BCUT2D eigenvalue weighted by atomic mass is 10.0. The number of fused-ring (bicyclic) bond motifs is 2. The fourth-order valence-corrected chi connectivity index (χ4v) is 4.80. The van der Waals surface area contributed by atoms with E-state index >= 15 is 0 Å². The van der Waals surface area contributed by atoms with Gasteiger partial charge in [-0.2, -0.15) is 0 Å². The Kier molecular flexibility index (Phi) is 5.34. The Labute approximate surface area is 184 Å². The maximum absolute atomic E-state index is 12.4. The number of nitrogens with zero attached hydrogens (tertiary/aromatic N) is 3. The number of hydrogen-bond donors (Lipinski definition) is 2. The molecule has 5 rings (SSSR count). The van der Waals surface area contributed by atoms with Crippen LogP contribution in [0.2, 0.25) is 0 Å². The van der Waals surface area contributed by atoms with Gasteiger partial charge in [0, 0.05) is 12.1 Å². The van der Waals surface area contributed by atoms with Crippen molar-refractivity contribution in [2.75, 3.05) is 16.9 Å². The third kappa shape index (κ3) is 4.14. The Morgan fingerprint density at radius 2 is 1.87 bits per heavy atom. The lowest BCUT2D eigenvalue weighted by molar-refractivity contribution is -0.113. The van der Waals surface area contributed by atoms with E-state index in [0.29, 0.717) is 17.4 Å². The average Bonchev–Trinajstić information content (AvgIpc) is 3.39. The molecule has 0 saturated heterocycles. The molecule has 0 atom stereocenters. The van der Waals surface area contributed by atoms with Gasteiger partial charge in [-0.3, -0.25) is 4.79 Å². The molecule has 0 fully saturated rings. The number of amides is 1. The summed E-state index contributed by atoms with van der Waals surface area (Å²) in [6, 6.07) is 20.6. The fourth-order valence-electron chi connectivity index (χ4n) is 4.12. The Hall–Kier alpha value is -3.32. The summed E-state index contributed by atoms with van der Waals surface area (Å²) in [6.07, 6.45) is 3.98. The van der Waals surface area contributed by atoms with Gasteiger partial charge in [-0.15, -0.1) is 10.2 Å². The zero-order valence-corrected chi connectivity index (χ0v) is 17.9. The molecule has 7 heteroatoms. The number of thioether (sulfide) groups is 1. The van der Waals surface area contributed by atoms with Crippen molar-refractivity contribution in [1.29, 1.82) is 0 Å². The van der Waals surface area contributed by atoms with E-state index in [4.69, 9.17) is 5.84 Å². The highest BCUT2D eigenvalue weighted by Crippen LogP contribution is 2.25. The van der Waals surface area contributed by atoms with Crippen LogP contribution in [0.4, 0.5) is 5.69 Å². The molecule has 0 radical (unpaired) electrons. The summed E-state index contributed by atoms with van der Waals surface area (Å²) in [4.78, 5) is 12.4. The first-order valence-corrected chi connectivity index (χ1v) is 11.4. The van der Waals surface area contributed by atoms with Gasteiger partial charge in [-0.1, -0.05) is 60.3 Å². The molecule has 0 spiro atoms. The van der Waals surface area contributed by atoms with E-state index in [1.165, 1.54) is 44.8 Å². The predicted octanol–water partition coefficient (Wildman–Crippen LogP) is 3.96. The van der Waals surface area contributed by atoms with Gasteiger partial charge in [0.25, 0.3) is 0 Å². The van der Waals surface area contributed by atoms with Crippen LogP contribution in [0, 0.1) is 0 Å². The van der Waals surface area contributed by atoms with Crippen molar-refractivity contribution in [2.24, 2.45) is 0 Å². The Morgan fingerprint density at radius 3 is 2.81 bits per heavy atom. The second-order valence-electron chi connectivity index (χ2n) is 7.76. The minimum absolute atomic E-state index is 0.0819. The monoisotopic (exact) mass is 429 g/mol. The van der Waals surface area contributed by atoms with Crippen LogP contribution in [-0.2, 0) is 24.1 Å². The van der Waals surface area contributed by atoms with Crippen molar-refractivity contribution < 1.29 is 4.79 Å². The second kappa shape index (κ2) is 8.43.